The molecule has 1 saturated heterocycles. The molecule has 9 heteroatoms. The predicted molar refractivity (Wildman–Crippen MR) is 104 cm³/mol. The molecule has 3 aromatic rings. The topological polar surface area (TPSA) is 99.2 Å². The van der Waals surface area contributed by atoms with E-state index >= 15 is 0 Å². The first-order valence-corrected chi connectivity index (χ1v) is 9.63. The summed E-state index contributed by atoms with van der Waals surface area (Å²) in [6.07, 6.45) is 9.14. The zero-order valence-electron chi connectivity index (χ0n) is 16.6. The first kappa shape index (κ1) is 19.3. The lowest BCUT2D eigenvalue weighted by atomic mass is 9.76. The summed E-state index contributed by atoms with van der Waals surface area (Å²) in [5.41, 5.74) is 0.933. The highest BCUT2D eigenvalue weighted by Gasteiger charge is 2.42. The Labute approximate surface area is 168 Å². The lowest BCUT2D eigenvalue weighted by molar-refractivity contribution is 0.0567. The number of methoxy groups -OCH3 is 1. The predicted octanol–water partition coefficient (Wildman–Crippen LogP) is 2.08. The quantitative estimate of drug-likeness (QED) is 0.629. The van der Waals surface area contributed by atoms with E-state index in [1.165, 1.54) is 0 Å². The first-order chi connectivity index (χ1) is 14.1. The number of piperidine rings is 1. The number of rotatable bonds is 6. The van der Waals surface area contributed by atoms with Gasteiger partial charge in [-0.1, -0.05) is 5.16 Å². The summed E-state index contributed by atoms with van der Waals surface area (Å²) in [7, 11) is 3.47. The minimum atomic E-state index is -0.421. The fourth-order valence-electron chi connectivity index (χ4n) is 3.86. The molecule has 0 saturated carbocycles. The van der Waals surface area contributed by atoms with E-state index in [0.29, 0.717) is 43.4 Å². The van der Waals surface area contributed by atoms with Crippen molar-refractivity contribution >= 4 is 5.91 Å². The molecule has 3 aromatic heterocycles. The number of aromatic nitrogens is 5. The molecule has 0 radical (unpaired) electrons. The number of carbonyl (C=O) groups excluding carboxylic acids is 1. The van der Waals surface area contributed by atoms with E-state index in [1.807, 2.05) is 17.0 Å². The van der Waals surface area contributed by atoms with Crippen LogP contribution in [-0.4, -0.2) is 62.5 Å². The molecular weight excluding hydrogens is 372 g/mol. The van der Waals surface area contributed by atoms with Crippen molar-refractivity contribution in [2.24, 2.45) is 7.05 Å². The molecule has 0 aromatic carbocycles. The lowest BCUT2D eigenvalue weighted by Crippen LogP contribution is -2.49. The second-order valence-electron chi connectivity index (χ2n) is 7.42. The van der Waals surface area contributed by atoms with Crippen LogP contribution < -0.4 is 0 Å². The molecule has 1 unspecified atom stereocenters. The van der Waals surface area contributed by atoms with Gasteiger partial charge in [-0.05, 0) is 31.4 Å². The van der Waals surface area contributed by atoms with E-state index in [4.69, 9.17) is 9.26 Å². The summed E-state index contributed by atoms with van der Waals surface area (Å²) < 4.78 is 12.5. The van der Waals surface area contributed by atoms with Gasteiger partial charge in [0, 0.05) is 52.4 Å². The van der Waals surface area contributed by atoms with Crippen LogP contribution >= 0.6 is 0 Å². The van der Waals surface area contributed by atoms with Crippen molar-refractivity contribution in [2.45, 2.75) is 24.7 Å². The minimum Gasteiger partial charge on any atom is -0.385 e. The Balaban J connectivity index is 1.62. The number of carbonyl (C=O) groups is 1. The Morgan fingerprint density at radius 1 is 1.38 bits per heavy atom. The Bertz CT molecular complexity index is 970. The highest BCUT2D eigenvalue weighted by Crippen LogP contribution is 2.37. The largest absolute Gasteiger partial charge is 0.385 e. The monoisotopic (exact) mass is 396 g/mol. The fraction of sp³-hybridized carbons (Fsp3) is 0.450. The normalized spacial score (nSPS) is 19.4. The minimum absolute atomic E-state index is 0.0319. The van der Waals surface area contributed by atoms with Crippen molar-refractivity contribution in [3.8, 4) is 11.5 Å². The summed E-state index contributed by atoms with van der Waals surface area (Å²) in [5.74, 6) is 1.01. The van der Waals surface area contributed by atoms with E-state index in [0.717, 1.165) is 18.4 Å². The van der Waals surface area contributed by atoms with Gasteiger partial charge in [0.15, 0.2) is 5.82 Å². The molecule has 1 aliphatic rings. The average molecular weight is 396 g/mol. The Morgan fingerprint density at radius 2 is 2.28 bits per heavy atom. The summed E-state index contributed by atoms with van der Waals surface area (Å²) in [6.45, 7) is 1.75. The van der Waals surface area contributed by atoms with Gasteiger partial charge in [-0.25, -0.2) is 0 Å². The van der Waals surface area contributed by atoms with Crippen LogP contribution in [0.25, 0.3) is 11.5 Å². The number of amides is 1. The number of pyridine rings is 1. The molecule has 1 fully saturated rings. The van der Waals surface area contributed by atoms with E-state index in [9.17, 15) is 4.79 Å². The average Bonchev–Trinajstić information content (AvgIpc) is 3.42. The maximum absolute atomic E-state index is 13.0. The van der Waals surface area contributed by atoms with Crippen LogP contribution in [0.5, 0.6) is 0 Å². The van der Waals surface area contributed by atoms with Gasteiger partial charge in [0.25, 0.3) is 11.8 Å². The number of hydrogen-bond acceptors (Lipinski definition) is 7. The summed E-state index contributed by atoms with van der Waals surface area (Å²) in [6, 6.07) is 3.71. The van der Waals surface area contributed by atoms with E-state index in [-0.39, 0.29) is 5.91 Å². The van der Waals surface area contributed by atoms with Crippen molar-refractivity contribution in [1.29, 1.82) is 0 Å². The third-order valence-corrected chi connectivity index (χ3v) is 5.41. The van der Waals surface area contributed by atoms with Crippen molar-refractivity contribution in [3.63, 3.8) is 0 Å². The van der Waals surface area contributed by atoms with Crippen LogP contribution in [0.2, 0.25) is 0 Å². The van der Waals surface area contributed by atoms with E-state index in [2.05, 4.69) is 20.2 Å². The van der Waals surface area contributed by atoms with E-state index < -0.39 is 5.41 Å². The molecule has 29 heavy (non-hydrogen) atoms. The summed E-state index contributed by atoms with van der Waals surface area (Å²) in [4.78, 5) is 23.6. The molecule has 4 heterocycles. The van der Waals surface area contributed by atoms with Crippen LogP contribution in [0.1, 0.15) is 35.4 Å². The Morgan fingerprint density at radius 3 is 3.00 bits per heavy atom. The molecule has 0 aliphatic carbocycles. The molecule has 152 valence electrons. The molecule has 0 N–H and O–H groups in total. The number of ether oxygens (including phenoxy) is 1. The maximum Gasteiger partial charge on any atom is 0.259 e. The zero-order valence-corrected chi connectivity index (χ0v) is 16.6. The molecule has 1 aliphatic heterocycles. The van der Waals surface area contributed by atoms with Gasteiger partial charge in [-0.15, -0.1) is 0 Å². The molecular formula is C20H24N6O3. The van der Waals surface area contributed by atoms with Crippen molar-refractivity contribution in [1.82, 2.24) is 29.8 Å². The van der Waals surface area contributed by atoms with Crippen molar-refractivity contribution in [3.05, 3.63) is 48.3 Å². The summed E-state index contributed by atoms with van der Waals surface area (Å²) >= 11 is 0. The van der Waals surface area contributed by atoms with Gasteiger partial charge in [0.1, 0.15) is 0 Å². The number of likely N-dealkylation sites (tertiary alicyclic amines) is 1. The van der Waals surface area contributed by atoms with Crippen LogP contribution in [0, 0.1) is 0 Å². The van der Waals surface area contributed by atoms with Crippen LogP contribution in [0.15, 0.2) is 41.4 Å². The lowest BCUT2D eigenvalue weighted by Gasteiger charge is -2.40. The van der Waals surface area contributed by atoms with Crippen LogP contribution in [-0.2, 0) is 17.2 Å². The van der Waals surface area contributed by atoms with Gasteiger partial charge >= 0.3 is 0 Å². The SMILES string of the molecule is COCCC1(c2noc(-c3cccnc3)n2)CCCN(C(=O)c2cnn(C)c2)C1. The Kier molecular flexibility index (Phi) is 5.39. The smallest absolute Gasteiger partial charge is 0.259 e. The van der Waals surface area contributed by atoms with Gasteiger partial charge in [0.05, 0.1) is 22.7 Å². The van der Waals surface area contributed by atoms with Gasteiger partial charge < -0.3 is 14.2 Å². The fourth-order valence-corrected chi connectivity index (χ4v) is 3.86. The standard InChI is InChI=1S/C20H24N6O3/c1-25-13-16(12-22-25)18(27)26-9-4-6-20(14-26,7-10-28-2)19-23-17(29-24-19)15-5-3-8-21-11-15/h3,5,8,11-13H,4,6-7,9-10,14H2,1-2H3. The molecule has 0 spiro atoms. The summed E-state index contributed by atoms with van der Waals surface area (Å²) in [5, 5.41) is 8.41. The Hall–Kier alpha value is -3.07. The third kappa shape index (κ3) is 3.91. The number of aryl methyl sites for hydroxylation is 1. The number of nitrogens with zero attached hydrogens (tertiary/aromatic N) is 6. The molecule has 0 bridgehead atoms. The molecule has 1 atom stereocenters. The second kappa shape index (κ2) is 8.12. The van der Waals surface area contributed by atoms with Crippen molar-refractivity contribution < 1.29 is 14.1 Å². The molecule has 1 amide bonds. The highest BCUT2D eigenvalue weighted by molar-refractivity contribution is 5.93. The van der Waals surface area contributed by atoms with Crippen LogP contribution in [0.3, 0.4) is 0 Å². The highest BCUT2D eigenvalue weighted by atomic mass is 16.5. The molecule has 9 nitrogen and oxygen atoms in total. The second-order valence-corrected chi connectivity index (χ2v) is 7.42. The number of hydrogen-bond donors (Lipinski definition) is 0. The maximum atomic E-state index is 13.0. The zero-order chi connectivity index (χ0) is 20.3. The van der Waals surface area contributed by atoms with Gasteiger partial charge in [-0.2, -0.15) is 10.1 Å². The third-order valence-electron chi connectivity index (χ3n) is 5.41. The van der Waals surface area contributed by atoms with Crippen molar-refractivity contribution in [2.75, 3.05) is 26.8 Å². The molecule has 4 rings (SSSR count). The van der Waals surface area contributed by atoms with E-state index in [1.54, 1.807) is 43.6 Å². The van der Waals surface area contributed by atoms with Gasteiger partial charge in [0.2, 0.25) is 0 Å². The van der Waals surface area contributed by atoms with Crippen LogP contribution in [0.4, 0.5) is 0 Å². The first-order valence-electron chi connectivity index (χ1n) is 9.63. The van der Waals surface area contributed by atoms with Gasteiger partial charge in [-0.3, -0.25) is 14.5 Å².